The van der Waals surface area contributed by atoms with Crippen LogP contribution >= 0.6 is 27.3 Å². The Bertz CT molecular complexity index is 1470. The van der Waals surface area contributed by atoms with Crippen molar-refractivity contribution in [2.45, 2.75) is 25.3 Å². The minimum absolute atomic E-state index is 0.0677. The number of hydrogen-bond donors (Lipinski definition) is 1. The molecule has 4 atom stereocenters. The van der Waals surface area contributed by atoms with Gasteiger partial charge in [-0.05, 0) is 52.2 Å². The number of rotatable bonds is 4. The van der Waals surface area contributed by atoms with Crippen LogP contribution in [0.3, 0.4) is 0 Å². The number of methoxy groups -OCH3 is 1. The van der Waals surface area contributed by atoms with E-state index in [1.54, 1.807) is 12.1 Å². The Labute approximate surface area is 225 Å². The van der Waals surface area contributed by atoms with Crippen molar-refractivity contribution in [1.29, 1.82) is 0 Å². The molecule has 2 heterocycles. The van der Waals surface area contributed by atoms with Gasteiger partial charge in [0.15, 0.2) is 11.6 Å². The molecule has 3 aliphatic carbocycles. The molecule has 1 fully saturated rings. The Morgan fingerprint density at radius 1 is 1.14 bits per heavy atom. The maximum absolute atomic E-state index is 13.7. The predicted molar refractivity (Wildman–Crippen MR) is 139 cm³/mol. The number of halogens is 1. The van der Waals surface area contributed by atoms with Crippen LogP contribution in [0.15, 0.2) is 69.1 Å². The van der Waals surface area contributed by atoms with Crippen molar-refractivity contribution < 1.29 is 29.0 Å². The Morgan fingerprint density at radius 3 is 2.65 bits per heavy atom. The summed E-state index contributed by atoms with van der Waals surface area (Å²) in [7, 11) is 1.49. The third-order valence-corrected chi connectivity index (χ3v) is 9.32. The van der Waals surface area contributed by atoms with Gasteiger partial charge in [-0.2, -0.15) is 0 Å². The van der Waals surface area contributed by atoms with Crippen molar-refractivity contribution in [3.8, 4) is 11.5 Å². The second kappa shape index (κ2) is 8.92. The van der Waals surface area contributed by atoms with E-state index in [0.29, 0.717) is 28.9 Å². The zero-order valence-electron chi connectivity index (χ0n) is 19.8. The highest BCUT2D eigenvalue weighted by molar-refractivity contribution is 9.12. The lowest BCUT2D eigenvalue weighted by Crippen LogP contribution is -2.39. The van der Waals surface area contributed by atoms with Gasteiger partial charge in [0.2, 0.25) is 11.8 Å². The average Bonchev–Trinajstić information content (AvgIpc) is 3.49. The van der Waals surface area contributed by atoms with Gasteiger partial charge in [-0.25, -0.2) is 0 Å². The van der Waals surface area contributed by atoms with E-state index >= 15 is 0 Å². The molecular weight excluding hydrogens is 558 g/mol. The summed E-state index contributed by atoms with van der Waals surface area (Å²) in [5.74, 6) is -2.96. The summed E-state index contributed by atoms with van der Waals surface area (Å²) in [6, 6.07) is 8.63. The topological polar surface area (TPSA) is 101 Å². The van der Waals surface area contributed by atoms with Crippen LogP contribution in [0.25, 0.3) is 0 Å². The number of thiophene rings is 1. The lowest BCUT2D eigenvalue weighted by atomic mass is 9.59. The first-order chi connectivity index (χ1) is 17.8. The van der Waals surface area contributed by atoms with Crippen LogP contribution < -0.4 is 4.74 Å². The molecule has 1 aliphatic heterocycles. The number of allylic oxidation sites excluding steroid dienone is 6. The number of phenolic OH excluding ortho intramolecular Hbond substituents is 1. The van der Waals surface area contributed by atoms with E-state index in [0.717, 1.165) is 10.5 Å². The summed E-state index contributed by atoms with van der Waals surface area (Å²) in [6.07, 6.45) is 3.76. The Kier molecular flexibility index (Phi) is 5.80. The first-order valence-electron chi connectivity index (χ1n) is 11.9. The molecule has 9 heteroatoms. The SMILES string of the molecule is COc1ccc([C@H]2C3=CC[C@@H]4C(=O)N(Cc5cccs5)C(=O)[C@@H]4[C@@H]3CC3=C2C(=O)C=C(Br)C3=O)c(O)c1. The number of imide groups is 1. The summed E-state index contributed by atoms with van der Waals surface area (Å²) in [5, 5.41) is 12.9. The molecule has 0 spiro atoms. The molecule has 1 aromatic carbocycles. The van der Waals surface area contributed by atoms with Gasteiger partial charge in [-0.1, -0.05) is 23.8 Å². The highest BCUT2D eigenvalue weighted by Gasteiger charge is 2.56. The minimum atomic E-state index is -0.705. The highest BCUT2D eigenvalue weighted by atomic mass is 79.9. The van der Waals surface area contributed by atoms with Gasteiger partial charge in [-0.3, -0.25) is 24.1 Å². The van der Waals surface area contributed by atoms with Gasteiger partial charge in [-0.15, -0.1) is 11.3 Å². The molecule has 37 heavy (non-hydrogen) atoms. The maximum atomic E-state index is 13.7. The van der Waals surface area contributed by atoms with Crippen molar-refractivity contribution >= 4 is 50.6 Å². The number of ether oxygens (including phenoxy) is 1. The summed E-state index contributed by atoms with van der Waals surface area (Å²) in [6.45, 7) is 0.229. The van der Waals surface area contributed by atoms with Gasteiger partial charge in [0, 0.05) is 39.6 Å². The molecule has 0 radical (unpaired) electrons. The number of aromatic hydroxyl groups is 1. The maximum Gasteiger partial charge on any atom is 0.234 e. The quantitative estimate of drug-likeness (QED) is 0.327. The molecule has 1 saturated heterocycles. The van der Waals surface area contributed by atoms with Gasteiger partial charge in [0.25, 0.3) is 0 Å². The summed E-state index contributed by atoms with van der Waals surface area (Å²) in [4.78, 5) is 55.9. The number of Topliss-reactive ketones (excluding diaryl/α,β-unsaturated/α-hetero) is 1. The zero-order valence-corrected chi connectivity index (χ0v) is 22.2. The second-order valence-corrected chi connectivity index (χ2v) is 11.5. The lowest BCUT2D eigenvalue weighted by Gasteiger charge is -2.42. The molecule has 4 aliphatic rings. The third-order valence-electron chi connectivity index (χ3n) is 7.87. The van der Waals surface area contributed by atoms with Gasteiger partial charge < -0.3 is 9.84 Å². The molecule has 2 aromatic rings. The molecule has 0 unspecified atom stereocenters. The standard InChI is InChI=1S/C28H22BrNO6S/c1-36-13-4-5-16(21(31)9-13)23-15-6-7-17-24(28(35)30(27(17)34)12-14-3-2-8-37-14)18(15)10-19-25(23)22(32)11-20(29)26(19)33/h2-6,8-9,11,17-18,23-24,31H,7,10,12H2,1H3/t17-,18+,23+,24-/m0/s1. The van der Waals surface area contributed by atoms with Crippen LogP contribution in [0, 0.1) is 17.8 Å². The molecule has 1 N–H and O–H groups in total. The van der Waals surface area contributed by atoms with Crippen molar-refractivity contribution in [3.63, 3.8) is 0 Å². The van der Waals surface area contributed by atoms with Crippen LogP contribution in [-0.4, -0.2) is 40.5 Å². The summed E-state index contributed by atoms with van der Waals surface area (Å²) >= 11 is 4.71. The minimum Gasteiger partial charge on any atom is -0.507 e. The first-order valence-corrected chi connectivity index (χ1v) is 13.6. The number of likely N-dealkylation sites (tertiary alicyclic amines) is 1. The molecule has 2 amide bonds. The highest BCUT2D eigenvalue weighted by Crippen LogP contribution is 2.56. The van der Waals surface area contributed by atoms with E-state index in [9.17, 15) is 24.3 Å². The number of nitrogens with zero attached hydrogens (tertiary/aromatic N) is 1. The first kappa shape index (κ1) is 24.1. The number of hydrogen-bond acceptors (Lipinski definition) is 7. The third kappa shape index (κ3) is 3.67. The van der Waals surface area contributed by atoms with Crippen molar-refractivity contribution in [2.24, 2.45) is 17.8 Å². The number of ketones is 2. The van der Waals surface area contributed by atoms with Crippen molar-refractivity contribution in [3.05, 3.63) is 79.5 Å². The fourth-order valence-corrected chi connectivity index (χ4v) is 7.38. The largest absolute Gasteiger partial charge is 0.507 e. The Balaban J connectivity index is 1.47. The lowest BCUT2D eigenvalue weighted by molar-refractivity contribution is -0.140. The smallest absolute Gasteiger partial charge is 0.234 e. The summed E-state index contributed by atoms with van der Waals surface area (Å²) in [5.41, 5.74) is 1.91. The number of fused-ring (bicyclic) bond motifs is 3. The van der Waals surface area contributed by atoms with Crippen LogP contribution in [0.5, 0.6) is 11.5 Å². The molecule has 1 aromatic heterocycles. The van der Waals surface area contributed by atoms with Crippen LogP contribution in [0.4, 0.5) is 0 Å². The van der Waals surface area contributed by atoms with Crippen molar-refractivity contribution in [1.82, 2.24) is 4.90 Å². The van der Waals surface area contributed by atoms with E-state index in [4.69, 9.17) is 4.74 Å². The molecule has 188 valence electrons. The molecule has 0 saturated carbocycles. The number of carbonyl (C=O) groups is 4. The zero-order chi connectivity index (χ0) is 26.0. The fourth-order valence-electron chi connectivity index (χ4n) is 6.24. The monoisotopic (exact) mass is 579 g/mol. The molecule has 0 bridgehead atoms. The van der Waals surface area contributed by atoms with E-state index in [1.807, 2.05) is 23.6 Å². The normalized spacial score (nSPS) is 27.0. The summed E-state index contributed by atoms with van der Waals surface area (Å²) < 4.78 is 5.40. The Hall–Kier alpha value is -3.30. The van der Waals surface area contributed by atoms with Gasteiger partial charge >= 0.3 is 0 Å². The fraction of sp³-hybridized carbons (Fsp3) is 0.286. The molecular formula is C28H22BrNO6S. The number of carbonyl (C=O) groups excluding carboxylic acids is 4. The van der Waals surface area contributed by atoms with Crippen LogP contribution in [0.1, 0.15) is 29.2 Å². The van der Waals surface area contributed by atoms with E-state index < -0.39 is 23.7 Å². The average molecular weight is 580 g/mol. The van der Waals surface area contributed by atoms with E-state index in [1.165, 1.54) is 35.5 Å². The number of phenols is 1. The van der Waals surface area contributed by atoms with Crippen molar-refractivity contribution in [2.75, 3.05) is 7.11 Å². The Morgan fingerprint density at radius 2 is 1.95 bits per heavy atom. The van der Waals surface area contributed by atoms with Crippen LogP contribution in [-0.2, 0) is 25.7 Å². The predicted octanol–water partition coefficient (Wildman–Crippen LogP) is 4.42. The molecule has 6 rings (SSSR count). The number of amides is 2. The van der Waals surface area contributed by atoms with Gasteiger partial charge in [0.05, 0.1) is 30.0 Å². The second-order valence-electron chi connectivity index (χ2n) is 9.66. The van der Waals surface area contributed by atoms with E-state index in [-0.39, 0.29) is 46.6 Å². The van der Waals surface area contributed by atoms with E-state index in [2.05, 4.69) is 15.9 Å². The molecule has 7 nitrogen and oxygen atoms in total. The van der Waals surface area contributed by atoms with Crippen LogP contribution in [0.2, 0.25) is 0 Å². The van der Waals surface area contributed by atoms with Gasteiger partial charge in [0.1, 0.15) is 11.5 Å². The number of benzene rings is 1.